The number of benzene rings is 1. The lowest BCUT2D eigenvalue weighted by atomic mass is 10.1. The van der Waals surface area contributed by atoms with E-state index in [1.54, 1.807) is 18.2 Å². The monoisotopic (exact) mass is 279 g/mol. The Balaban J connectivity index is 2.52. The van der Waals surface area contributed by atoms with Crippen LogP contribution in [0.1, 0.15) is 12.0 Å². The lowest BCUT2D eigenvalue weighted by Gasteiger charge is -2.02. The number of rotatable bonds is 1. The smallest absolute Gasteiger partial charge is 0.276 e. The van der Waals surface area contributed by atoms with Crippen molar-refractivity contribution in [3.8, 4) is 0 Å². The SMILES string of the molecule is NC(N)=NC(=O)C1=Cc2ccccc2S(=O)(=O)CC1. The number of carbonyl (C=O) groups excluding carboxylic acids is 1. The number of guanidine groups is 1. The molecule has 0 saturated carbocycles. The number of hydrogen-bond donors (Lipinski definition) is 2. The van der Waals surface area contributed by atoms with Gasteiger partial charge in [0.15, 0.2) is 15.8 Å². The Bertz CT molecular complexity index is 686. The zero-order chi connectivity index (χ0) is 14.0. The summed E-state index contributed by atoms with van der Waals surface area (Å²) in [6.07, 6.45) is 1.61. The van der Waals surface area contributed by atoms with E-state index in [4.69, 9.17) is 11.5 Å². The number of sulfone groups is 1. The van der Waals surface area contributed by atoms with Gasteiger partial charge in [0.05, 0.1) is 10.6 Å². The summed E-state index contributed by atoms with van der Waals surface area (Å²) in [7, 11) is -3.39. The minimum atomic E-state index is -3.39. The molecule has 0 aromatic heterocycles. The van der Waals surface area contributed by atoms with E-state index in [1.165, 1.54) is 12.1 Å². The molecule has 0 radical (unpaired) electrons. The van der Waals surface area contributed by atoms with Crippen LogP contribution in [0.4, 0.5) is 0 Å². The van der Waals surface area contributed by atoms with E-state index in [2.05, 4.69) is 4.99 Å². The van der Waals surface area contributed by atoms with Crippen LogP contribution in [0.2, 0.25) is 0 Å². The summed E-state index contributed by atoms with van der Waals surface area (Å²) in [5, 5.41) is 0. The summed E-state index contributed by atoms with van der Waals surface area (Å²) in [5.74, 6) is -1.08. The molecule has 1 aromatic carbocycles. The molecule has 1 aromatic rings. The second-order valence-corrected chi connectivity index (χ2v) is 6.20. The Morgan fingerprint density at radius 1 is 1.21 bits per heavy atom. The third-order valence-corrected chi connectivity index (χ3v) is 4.51. The molecule has 100 valence electrons. The maximum Gasteiger partial charge on any atom is 0.276 e. The van der Waals surface area contributed by atoms with Crippen LogP contribution in [0.3, 0.4) is 0 Å². The zero-order valence-electron chi connectivity index (χ0n) is 10.0. The predicted octanol–water partition coefficient (Wildman–Crippen LogP) is 0.0474. The second kappa shape index (κ2) is 4.85. The number of fused-ring (bicyclic) bond motifs is 1. The van der Waals surface area contributed by atoms with E-state index in [-0.39, 0.29) is 28.6 Å². The van der Waals surface area contributed by atoms with Crippen LogP contribution in [0.25, 0.3) is 6.08 Å². The van der Waals surface area contributed by atoms with Crippen LogP contribution in [0.15, 0.2) is 39.7 Å². The molecule has 2 rings (SSSR count). The van der Waals surface area contributed by atoms with Crippen LogP contribution in [0.5, 0.6) is 0 Å². The molecule has 1 amide bonds. The lowest BCUT2D eigenvalue weighted by molar-refractivity contribution is -0.114. The third kappa shape index (κ3) is 2.82. The summed E-state index contributed by atoms with van der Waals surface area (Å²) in [6.45, 7) is 0. The molecule has 0 unspecified atom stereocenters. The largest absolute Gasteiger partial charge is 0.370 e. The molecule has 7 heteroatoms. The van der Waals surface area contributed by atoms with Crippen molar-refractivity contribution in [3.63, 3.8) is 0 Å². The van der Waals surface area contributed by atoms with Gasteiger partial charge in [0.1, 0.15) is 0 Å². The maximum atomic E-state index is 12.1. The van der Waals surface area contributed by atoms with E-state index in [9.17, 15) is 13.2 Å². The molecular weight excluding hydrogens is 266 g/mol. The van der Waals surface area contributed by atoms with Gasteiger partial charge in [0, 0.05) is 5.57 Å². The maximum absolute atomic E-state index is 12.1. The molecule has 1 aliphatic rings. The highest BCUT2D eigenvalue weighted by Gasteiger charge is 2.24. The van der Waals surface area contributed by atoms with E-state index in [0.29, 0.717) is 5.56 Å². The number of nitrogens with zero attached hydrogens (tertiary/aromatic N) is 1. The van der Waals surface area contributed by atoms with Gasteiger partial charge >= 0.3 is 0 Å². The summed E-state index contributed by atoms with van der Waals surface area (Å²) in [4.78, 5) is 15.4. The molecule has 1 heterocycles. The summed E-state index contributed by atoms with van der Waals surface area (Å²) in [5.41, 5.74) is 11.1. The Morgan fingerprint density at radius 3 is 2.58 bits per heavy atom. The highest BCUT2D eigenvalue weighted by Crippen LogP contribution is 2.26. The summed E-state index contributed by atoms with van der Waals surface area (Å²) in [6, 6.07) is 6.52. The fourth-order valence-electron chi connectivity index (χ4n) is 1.85. The van der Waals surface area contributed by atoms with Crippen LogP contribution in [-0.2, 0) is 14.6 Å². The van der Waals surface area contributed by atoms with Crippen molar-refractivity contribution in [1.29, 1.82) is 0 Å². The van der Waals surface area contributed by atoms with Crippen LogP contribution >= 0.6 is 0 Å². The molecule has 1 aliphatic heterocycles. The number of aliphatic imine (C=N–C) groups is 1. The number of amides is 1. The predicted molar refractivity (Wildman–Crippen MR) is 71.9 cm³/mol. The van der Waals surface area contributed by atoms with Crippen LogP contribution in [0, 0.1) is 0 Å². The molecule has 19 heavy (non-hydrogen) atoms. The Kier molecular flexibility index (Phi) is 3.39. The summed E-state index contributed by atoms with van der Waals surface area (Å²) < 4.78 is 24.1. The fraction of sp³-hybridized carbons (Fsp3) is 0.167. The van der Waals surface area contributed by atoms with Gasteiger partial charge in [0.2, 0.25) is 0 Å². The molecule has 0 atom stereocenters. The van der Waals surface area contributed by atoms with Crippen LogP contribution < -0.4 is 11.5 Å². The minimum Gasteiger partial charge on any atom is -0.370 e. The molecule has 0 aliphatic carbocycles. The molecule has 6 nitrogen and oxygen atoms in total. The number of carbonyl (C=O) groups is 1. The average molecular weight is 279 g/mol. The zero-order valence-corrected chi connectivity index (χ0v) is 10.9. The Morgan fingerprint density at radius 2 is 1.89 bits per heavy atom. The van der Waals surface area contributed by atoms with E-state index < -0.39 is 15.7 Å². The van der Waals surface area contributed by atoms with Crippen molar-refractivity contribution < 1.29 is 13.2 Å². The first-order chi connectivity index (χ1) is 8.90. The van der Waals surface area contributed by atoms with Gasteiger partial charge in [-0.05, 0) is 24.1 Å². The van der Waals surface area contributed by atoms with E-state index >= 15 is 0 Å². The first-order valence-corrected chi connectivity index (χ1v) is 7.22. The molecule has 0 saturated heterocycles. The number of hydrogen-bond acceptors (Lipinski definition) is 3. The minimum absolute atomic E-state index is 0.0899. The van der Waals surface area contributed by atoms with Crippen molar-refractivity contribution >= 4 is 27.8 Å². The second-order valence-electron chi connectivity index (χ2n) is 4.12. The molecule has 0 bridgehead atoms. The van der Waals surface area contributed by atoms with E-state index in [0.717, 1.165) is 0 Å². The Hall–Kier alpha value is -2.15. The van der Waals surface area contributed by atoms with Crippen molar-refractivity contribution in [2.75, 3.05) is 5.75 Å². The van der Waals surface area contributed by atoms with Crippen LogP contribution in [-0.4, -0.2) is 26.0 Å². The van der Waals surface area contributed by atoms with Gasteiger partial charge in [-0.25, -0.2) is 8.42 Å². The van der Waals surface area contributed by atoms with Crippen molar-refractivity contribution in [3.05, 3.63) is 35.4 Å². The van der Waals surface area contributed by atoms with Crippen molar-refractivity contribution in [1.82, 2.24) is 0 Å². The number of nitrogens with two attached hydrogens (primary N) is 2. The van der Waals surface area contributed by atoms with Gasteiger partial charge in [-0.2, -0.15) is 4.99 Å². The fourth-order valence-corrected chi connectivity index (χ4v) is 3.34. The normalized spacial score (nSPS) is 16.7. The van der Waals surface area contributed by atoms with Crippen molar-refractivity contribution in [2.24, 2.45) is 16.5 Å². The van der Waals surface area contributed by atoms with Gasteiger partial charge in [-0.15, -0.1) is 0 Å². The first kappa shape index (κ1) is 13.3. The lowest BCUT2D eigenvalue weighted by Crippen LogP contribution is -2.24. The van der Waals surface area contributed by atoms with Crippen molar-refractivity contribution in [2.45, 2.75) is 11.3 Å². The standard InChI is InChI=1S/C12H13N3O3S/c13-12(14)15-11(16)9-5-6-19(17,18)10-4-2-1-3-8(10)7-9/h1-4,7H,5-6H2,(H4,13,14,15,16). The topological polar surface area (TPSA) is 116 Å². The summed E-state index contributed by atoms with van der Waals surface area (Å²) >= 11 is 0. The van der Waals surface area contributed by atoms with E-state index in [1.807, 2.05) is 0 Å². The first-order valence-electron chi connectivity index (χ1n) is 5.56. The molecule has 0 fully saturated rings. The molecular formula is C12H13N3O3S. The average Bonchev–Trinajstić information content (AvgIpc) is 2.46. The van der Waals surface area contributed by atoms with Gasteiger partial charge in [-0.3, -0.25) is 4.79 Å². The van der Waals surface area contributed by atoms with Gasteiger partial charge < -0.3 is 11.5 Å². The third-order valence-electron chi connectivity index (χ3n) is 2.73. The van der Waals surface area contributed by atoms with Gasteiger partial charge in [-0.1, -0.05) is 18.2 Å². The van der Waals surface area contributed by atoms with Gasteiger partial charge in [0.25, 0.3) is 5.91 Å². The quantitative estimate of drug-likeness (QED) is 0.556. The molecule has 0 spiro atoms. The highest BCUT2D eigenvalue weighted by atomic mass is 32.2. The Labute approximate surface area is 110 Å². The highest BCUT2D eigenvalue weighted by molar-refractivity contribution is 7.91. The molecule has 4 N–H and O–H groups in total.